The van der Waals surface area contributed by atoms with E-state index in [9.17, 15) is 13.2 Å². The van der Waals surface area contributed by atoms with Crippen LogP contribution in [0.15, 0.2) is 18.2 Å². The lowest BCUT2D eigenvalue weighted by Gasteiger charge is -2.31. The van der Waals surface area contributed by atoms with Crippen LogP contribution in [0.1, 0.15) is 50.7 Å². The van der Waals surface area contributed by atoms with E-state index in [-0.39, 0.29) is 24.1 Å². The lowest BCUT2D eigenvalue weighted by Crippen LogP contribution is -2.44. The maximum atomic E-state index is 12.7. The number of nitrogens with one attached hydrogen (secondary N) is 1. The molecule has 1 aliphatic rings. The minimum absolute atomic E-state index is 0.0800. The molecule has 24 heavy (non-hydrogen) atoms. The summed E-state index contributed by atoms with van der Waals surface area (Å²) in [5.41, 5.74) is 3.01. The number of hydrogen-bond donors (Lipinski definition) is 1. The van der Waals surface area contributed by atoms with Crippen molar-refractivity contribution < 1.29 is 13.2 Å². The SMILES string of the molecule is CCS(=O)(=O)N1CCCC(C(=O)Nc2c(C)cccc2C(C)C)C1. The van der Waals surface area contributed by atoms with Gasteiger partial charge in [0.1, 0.15) is 0 Å². The van der Waals surface area contributed by atoms with Crippen molar-refractivity contribution >= 4 is 21.6 Å². The molecule has 1 heterocycles. The van der Waals surface area contributed by atoms with Gasteiger partial charge in [-0.2, -0.15) is 0 Å². The van der Waals surface area contributed by atoms with Gasteiger partial charge < -0.3 is 5.32 Å². The van der Waals surface area contributed by atoms with Crippen molar-refractivity contribution in [2.24, 2.45) is 5.92 Å². The Morgan fingerprint density at radius 3 is 2.71 bits per heavy atom. The van der Waals surface area contributed by atoms with Gasteiger partial charge in [-0.1, -0.05) is 32.0 Å². The van der Waals surface area contributed by atoms with E-state index in [1.807, 2.05) is 25.1 Å². The van der Waals surface area contributed by atoms with E-state index in [1.165, 1.54) is 4.31 Å². The maximum Gasteiger partial charge on any atom is 0.228 e. The van der Waals surface area contributed by atoms with Gasteiger partial charge in [0.25, 0.3) is 0 Å². The highest BCUT2D eigenvalue weighted by Gasteiger charge is 2.31. The third kappa shape index (κ3) is 4.16. The first-order valence-corrected chi connectivity index (χ1v) is 10.2. The number of benzene rings is 1. The molecule has 0 aromatic heterocycles. The predicted molar refractivity (Wildman–Crippen MR) is 97.7 cm³/mol. The average Bonchev–Trinajstić information content (AvgIpc) is 2.56. The highest BCUT2D eigenvalue weighted by atomic mass is 32.2. The molecule has 6 heteroatoms. The van der Waals surface area contributed by atoms with Crippen LogP contribution < -0.4 is 5.32 Å². The monoisotopic (exact) mass is 352 g/mol. The number of sulfonamides is 1. The molecule has 5 nitrogen and oxygen atoms in total. The van der Waals surface area contributed by atoms with E-state index < -0.39 is 10.0 Å². The number of carbonyl (C=O) groups excluding carboxylic acids is 1. The van der Waals surface area contributed by atoms with E-state index in [4.69, 9.17) is 0 Å². The Bertz CT molecular complexity index is 698. The van der Waals surface area contributed by atoms with E-state index in [0.717, 1.165) is 29.7 Å². The van der Waals surface area contributed by atoms with Crippen molar-refractivity contribution in [2.75, 3.05) is 24.2 Å². The number of aryl methyl sites for hydroxylation is 1. The molecule has 1 saturated heterocycles. The number of para-hydroxylation sites is 1. The molecular formula is C18H28N2O3S. The Morgan fingerprint density at radius 1 is 1.38 bits per heavy atom. The van der Waals surface area contributed by atoms with Gasteiger partial charge in [-0.25, -0.2) is 12.7 Å². The van der Waals surface area contributed by atoms with Gasteiger partial charge in [0.2, 0.25) is 15.9 Å². The first kappa shape index (κ1) is 18.9. The summed E-state index contributed by atoms with van der Waals surface area (Å²) in [4.78, 5) is 12.7. The second kappa shape index (κ2) is 7.66. The molecule has 0 radical (unpaired) electrons. The molecule has 0 spiro atoms. The number of amides is 1. The van der Waals surface area contributed by atoms with Crippen LogP contribution in [0, 0.1) is 12.8 Å². The van der Waals surface area contributed by atoms with Gasteiger partial charge in [0.05, 0.1) is 11.7 Å². The molecule has 134 valence electrons. The van der Waals surface area contributed by atoms with Crippen LogP contribution in [0.4, 0.5) is 5.69 Å². The van der Waals surface area contributed by atoms with Crippen molar-refractivity contribution in [1.29, 1.82) is 0 Å². The normalized spacial score (nSPS) is 19.5. The summed E-state index contributed by atoms with van der Waals surface area (Å²) in [5, 5.41) is 3.06. The van der Waals surface area contributed by atoms with E-state index in [1.54, 1.807) is 6.92 Å². The fraction of sp³-hybridized carbons (Fsp3) is 0.611. The van der Waals surface area contributed by atoms with Gasteiger partial charge in [-0.05, 0) is 43.7 Å². The molecule has 1 amide bonds. The highest BCUT2D eigenvalue weighted by Crippen LogP contribution is 2.29. The fourth-order valence-corrected chi connectivity index (χ4v) is 4.34. The van der Waals surface area contributed by atoms with Gasteiger partial charge in [-0.3, -0.25) is 4.79 Å². The van der Waals surface area contributed by atoms with E-state index in [0.29, 0.717) is 12.5 Å². The number of hydrogen-bond acceptors (Lipinski definition) is 3. The van der Waals surface area contributed by atoms with Gasteiger partial charge in [-0.15, -0.1) is 0 Å². The van der Waals surface area contributed by atoms with Crippen LogP contribution in [-0.2, 0) is 14.8 Å². The highest BCUT2D eigenvalue weighted by molar-refractivity contribution is 7.89. The van der Waals surface area contributed by atoms with Gasteiger partial charge in [0, 0.05) is 18.8 Å². The predicted octanol–water partition coefficient (Wildman–Crippen LogP) is 3.12. The lowest BCUT2D eigenvalue weighted by atomic mass is 9.95. The van der Waals surface area contributed by atoms with Gasteiger partial charge >= 0.3 is 0 Å². The second-order valence-electron chi connectivity index (χ2n) is 6.78. The van der Waals surface area contributed by atoms with Crippen LogP contribution in [-0.4, -0.2) is 37.5 Å². The largest absolute Gasteiger partial charge is 0.325 e. The van der Waals surface area contributed by atoms with Crippen LogP contribution in [0.2, 0.25) is 0 Å². The molecule has 1 atom stereocenters. The summed E-state index contributed by atoms with van der Waals surface area (Å²) < 4.78 is 25.6. The second-order valence-corrected chi connectivity index (χ2v) is 9.04. The Labute approximate surface area is 145 Å². The molecule has 2 rings (SSSR count). The summed E-state index contributed by atoms with van der Waals surface area (Å²) in [5.74, 6) is 0.0156. The van der Waals surface area contributed by atoms with Crippen LogP contribution in [0.25, 0.3) is 0 Å². The third-order valence-corrected chi connectivity index (χ3v) is 6.54. The number of carbonyl (C=O) groups is 1. The molecule has 1 unspecified atom stereocenters. The van der Waals surface area contributed by atoms with Crippen molar-refractivity contribution in [3.05, 3.63) is 29.3 Å². The molecule has 1 N–H and O–H groups in total. The van der Waals surface area contributed by atoms with Crippen molar-refractivity contribution in [1.82, 2.24) is 4.31 Å². The molecule has 0 bridgehead atoms. The van der Waals surface area contributed by atoms with Crippen molar-refractivity contribution in [2.45, 2.75) is 46.5 Å². The molecular weight excluding hydrogens is 324 g/mol. The van der Waals surface area contributed by atoms with Gasteiger partial charge in [0.15, 0.2) is 0 Å². The summed E-state index contributed by atoms with van der Waals surface area (Å²) in [7, 11) is -3.24. The minimum Gasteiger partial charge on any atom is -0.325 e. The Hall–Kier alpha value is -1.40. The van der Waals surface area contributed by atoms with Crippen molar-refractivity contribution in [3.8, 4) is 0 Å². The van der Waals surface area contributed by atoms with E-state index in [2.05, 4.69) is 19.2 Å². The molecule has 1 aromatic carbocycles. The number of piperidine rings is 1. The first-order chi connectivity index (χ1) is 11.3. The van der Waals surface area contributed by atoms with Crippen LogP contribution in [0.5, 0.6) is 0 Å². The lowest BCUT2D eigenvalue weighted by molar-refractivity contribution is -0.120. The zero-order valence-corrected chi connectivity index (χ0v) is 15.8. The number of rotatable bonds is 5. The smallest absolute Gasteiger partial charge is 0.228 e. The Kier molecular flexibility index (Phi) is 6.04. The van der Waals surface area contributed by atoms with Crippen LogP contribution in [0.3, 0.4) is 0 Å². The molecule has 1 aliphatic heterocycles. The molecule has 0 aliphatic carbocycles. The zero-order valence-electron chi connectivity index (χ0n) is 15.0. The summed E-state index contributed by atoms with van der Waals surface area (Å²) in [6.07, 6.45) is 1.45. The summed E-state index contributed by atoms with van der Waals surface area (Å²) >= 11 is 0. The average molecular weight is 353 g/mol. The summed E-state index contributed by atoms with van der Waals surface area (Å²) in [6, 6.07) is 6.01. The zero-order chi connectivity index (χ0) is 17.9. The molecule has 1 fully saturated rings. The fourth-order valence-electron chi connectivity index (χ4n) is 3.16. The number of anilines is 1. The van der Waals surface area contributed by atoms with Crippen molar-refractivity contribution in [3.63, 3.8) is 0 Å². The number of nitrogens with zero attached hydrogens (tertiary/aromatic N) is 1. The molecule has 1 aromatic rings. The standard InChI is InChI=1S/C18H28N2O3S/c1-5-24(22,23)20-11-7-9-15(12-20)18(21)19-17-14(4)8-6-10-16(17)13(2)3/h6,8,10,13,15H,5,7,9,11-12H2,1-4H3,(H,19,21). The quantitative estimate of drug-likeness (QED) is 0.885. The van der Waals surface area contributed by atoms with Crippen LogP contribution >= 0.6 is 0 Å². The topological polar surface area (TPSA) is 66.5 Å². The first-order valence-electron chi connectivity index (χ1n) is 8.64. The minimum atomic E-state index is -3.24. The maximum absolute atomic E-state index is 12.7. The third-order valence-electron chi connectivity index (χ3n) is 4.69. The molecule has 0 saturated carbocycles. The Balaban J connectivity index is 2.16. The Morgan fingerprint density at radius 2 is 2.08 bits per heavy atom. The van der Waals surface area contributed by atoms with E-state index >= 15 is 0 Å². The summed E-state index contributed by atoms with van der Waals surface area (Å²) in [6.45, 7) is 8.62.